The molecule has 2 aromatic carbocycles. The van der Waals surface area contributed by atoms with Crippen LogP contribution in [0.3, 0.4) is 0 Å². The van der Waals surface area contributed by atoms with E-state index in [2.05, 4.69) is 15.0 Å². The number of aromatic nitrogens is 1. The summed E-state index contributed by atoms with van der Waals surface area (Å²) >= 11 is 0. The van der Waals surface area contributed by atoms with Gasteiger partial charge >= 0.3 is 0 Å². The number of pyridine rings is 1. The van der Waals surface area contributed by atoms with Crippen LogP contribution in [0.15, 0.2) is 65.7 Å². The van der Waals surface area contributed by atoms with E-state index in [0.717, 1.165) is 11.1 Å². The summed E-state index contributed by atoms with van der Waals surface area (Å²) in [5.41, 5.74) is 3.31. The third-order valence-electron chi connectivity index (χ3n) is 4.19. The first-order chi connectivity index (χ1) is 13.2. The largest absolute Gasteiger partial charge is 0.307 e. The number of anilines is 2. The Bertz CT molecular complexity index is 1140. The summed E-state index contributed by atoms with van der Waals surface area (Å²) < 4.78 is 28.0. The molecule has 0 fully saturated rings. The Morgan fingerprint density at radius 2 is 1.68 bits per heavy atom. The third kappa shape index (κ3) is 4.55. The fraction of sp³-hybridized carbons (Fsp3) is 0.143. The van der Waals surface area contributed by atoms with Crippen LogP contribution in [-0.2, 0) is 10.0 Å². The van der Waals surface area contributed by atoms with Crippen molar-refractivity contribution in [1.29, 1.82) is 0 Å². The van der Waals surface area contributed by atoms with Crippen LogP contribution < -0.4 is 10.0 Å². The molecule has 3 aromatic rings. The smallest absolute Gasteiger partial charge is 0.261 e. The molecule has 7 heteroatoms. The molecule has 0 aliphatic heterocycles. The van der Waals surface area contributed by atoms with Crippen LogP contribution in [0.25, 0.3) is 0 Å². The number of hydrogen-bond acceptors (Lipinski definition) is 4. The molecule has 28 heavy (non-hydrogen) atoms. The summed E-state index contributed by atoms with van der Waals surface area (Å²) in [6.07, 6.45) is 1.60. The van der Waals surface area contributed by atoms with E-state index in [4.69, 9.17) is 0 Å². The Labute approximate surface area is 164 Å². The number of nitrogens with one attached hydrogen (secondary N) is 2. The minimum atomic E-state index is -3.83. The number of rotatable bonds is 5. The lowest BCUT2D eigenvalue weighted by Gasteiger charge is -2.12. The SMILES string of the molecule is Cc1cccc(NS(=O)(=O)c2ccc(C)c(C(=O)Nc3cc(C)ccn3)c2)c1. The second-order valence-corrected chi connectivity index (χ2v) is 8.31. The molecule has 2 N–H and O–H groups in total. The van der Waals surface area contributed by atoms with Gasteiger partial charge in [0.2, 0.25) is 0 Å². The van der Waals surface area contributed by atoms with Gasteiger partial charge in [-0.2, -0.15) is 0 Å². The highest BCUT2D eigenvalue weighted by molar-refractivity contribution is 7.92. The molecule has 144 valence electrons. The molecule has 1 heterocycles. The molecule has 3 rings (SSSR count). The number of sulfonamides is 1. The maximum atomic E-state index is 12.7. The minimum absolute atomic E-state index is 0.0157. The van der Waals surface area contributed by atoms with Gasteiger partial charge in [-0.1, -0.05) is 18.2 Å². The second kappa shape index (κ2) is 7.82. The van der Waals surface area contributed by atoms with Crippen molar-refractivity contribution < 1.29 is 13.2 Å². The summed E-state index contributed by atoms with van der Waals surface area (Å²) in [6.45, 7) is 5.53. The molecular formula is C21H21N3O3S. The van der Waals surface area contributed by atoms with Crippen LogP contribution in [0.5, 0.6) is 0 Å². The fourth-order valence-corrected chi connectivity index (χ4v) is 3.80. The van der Waals surface area contributed by atoms with E-state index in [-0.39, 0.29) is 10.5 Å². The predicted octanol–water partition coefficient (Wildman–Crippen LogP) is 4.06. The zero-order chi connectivity index (χ0) is 20.3. The molecule has 1 aromatic heterocycles. The number of amides is 1. The first-order valence-electron chi connectivity index (χ1n) is 8.69. The van der Waals surface area contributed by atoms with Crippen LogP contribution in [-0.4, -0.2) is 19.3 Å². The van der Waals surface area contributed by atoms with Crippen molar-refractivity contribution in [3.8, 4) is 0 Å². The van der Waals surface area contributed by atoms with Gasteiger partial charge in [-0.05, 0) is 73.9 Å². The van der Waals surface area contributed by atoms with E-state index in [0.29, 0.717) is 17.1 Å². The molecule has 0 atom stereocenters. The zero-order valence-electron chi connectivity index (χ0n) is 15.9. The van der Waals surface area contributed by atoms with Crippen LogP contribution in [0.4, 0.5) is 11.5 Å². The molecule has 0 saturated carbocycles. The highest BCUT2D eigenvalue weighted by Gasteiger charge is 2.18. The van der Waals surface area contributed by atoms with Gasteiger partial charge in [0.15, 0.2) is 0 Å². The first-order valence-corrected chi connectivity index (χ1v) is 10.2. The number of aryl methyl sites for hydroxylation is 3. The standard InChI is InChI=1S/C21H21N3O3S/c1-14-5-4-6-17(11-14)24-28(26,27)18-8-7-16(3)19(13-18)21(25)23-20-12-15(2)9-10-22-20/h4-13,24H,1-3H3,(H,22,23,25). The molecule has 0 saturated heterocycles. The molecule has 0 radical (unpaired) electrons. The summed E-state index contributed by atoms with van der Waals surface area (Å²) in [6, 6.07) is 15.1. The molecule has 0 bridgehead atoms. The Morgan fingerprint density at radius 3 is 2.39 bits per heavy atom. The lowest BCUT2D eigenvalue weighted by atomic mass is 10.1. The summed E-state index contributed by atoms with van der Waals surface area (Å²) in [5.74, 6) is -0.00116. The number of hydrogen-bond donors (Lipinski definition) is 2. The Hall–Kier alpha value is -3.19. The van der Waals surface area contributed by atoms with Crippen molar-refractivity contribution in [3.05, 3.63) is 83.0 Å². The fourth-order valence-electron chi connectivity index (χ4n) is 2.72. The van der Waals surface area contributed by atoms with Gasteiger partial charge in [0.1, 0.15) is 5.82 Å². The quantitative estimate of drug-likeness (QED) is 0.682. The van der Waals surface area contributed by atoms with Crippen molar-refractivity contribution in [2.24, 2.45) is 0 Å². The molecule has 0 spiro atoms. The van der Waals surface area contributed by atoms with Gasteiger partial charge < -0.3 is 5.32 Å². The monoisotopic (exact) mass is 395 g/mol. The predicted molar refractivity (Wildman–Crippen MR) is 110 cm³/mol. The van der Waals surface area contributed by atoms with Crippen LogP contribution in [0.2, 0.25) is 0 Å². The van der Waals surface area contributed by atoms with Crippen molar-refractivity contribution in [2.45, 2.75) is 25.7 Å². The summed E-state index contributed by atoms with van der Waals surface area (Å²) in [4.78, 5) is 16.8. The van der Waals surface area contributed by atoms with Gasteiger partial charge in [0, 0.05) is 17.4 Å². The lowest BCUT2D eigenvalue weighted by molar-refractivity contribution is 0.102. The van der Waals surface area contributed by atoms with Gasteiger partial charge in [0.05, 0.1) is 4.90 Å². The average Bonchev–Trinajstić information content (AvgIpc) is 2.61. The maximum Gasteiger partial charge on any atom is 0.261 e. The first kappa shape index (κ1) is 19.6. The van der Waals surface area contributed by atoms with Gasteiger partial charge in [-0.25, -0.2) is 13.4 Å². The van der Waals surface area contributed by atoms with Crippen LogP contribution >= 0.6 is 0 Å². The Kier molecular flexibility index (Phi) is 5.46. The van der Waals surface area contributed by atoms with E-state index >= 15 is 0 Å². The zero-order valence-corrected chi connectivity index (χ0v) is 16.7. The molecule has 6 nitrogen and oxygen atoms in total. The number of carbonyl (C=O) groups is 1. The average molecular weight is 395 g/mol. The molecule has 0 aliphatic carbocycles. The van der Waals surface area contributed by atoms with E-state index in [1.165, 1.54) is 12.1 Å². The van der Waals surface area contributed by atoms with Gasteiger partial charge in [-0.3, -0.25) is 9.52 Å². The molecule has 0 aliphatic rings. The number of benzene rings is 2. The van der Waals surface area contributed by atoms with Crippen molar-refractivity contribution >= 4 is 27.4 Å². The van der Waals surface area contributed by atoms with Gasteiger partial charge in [0.25, 0.3) is 15.9 Å². The van der Waals surface area contributed by atoms with Gasteiger partial charge in [-0.15, -0.1) is 0 Å². The van der Waals surface area contributed by atoms with Crippen molar-refractivity contribution in [2.75, 3.05) is 10.0 Å². The van der Waals surface area contributed by atoms with Crippen LogP contribution in [0.1, 0.15) is 27.0 Å². The highest BCUT2D eigenvalue weighted by Crippen LogP contribution is 2.21. The van der Waals surface area contributed by atoms with E-state index in [1.54, 1.807) is 43.5 Å². The van der Waals surface area contributed by atoms with Crippen LogP contribution in [0, 0.1) is 20.8 Å². The van der Waals surface area contributed by atoms with Crippen molar-refractivity contribution in [3.63, 3.8) is 0 Å². The van der Waals surface area contributed by atoms with E-state index < -0.39 is 15.9 Å². The minimum Gasteiger partial charge on any atom is -0.307 e. The number of carbonyl (C=O) groups excluding carboxylic acids is 1. The van der Waals surface area contributed by atoms with E-state index in [1.807, 2.05) is 26.0 Å². The topological polar surface area (TPSA) is 88.2 Å². The van der Waals surface area contributed by atoms with Crippen molar-refractivity contribution in [1.82, 2.24) is 4.98 Å². The maximum absolute atomic E-state index is 12.7. The van der Waals surface area contributed by atoms with E-state index in [9.17, 15) is 13.2 Å². The summed E-state index contributed by atoms with van der Waals surface area (Å²) in [5, 5.41) is 2.71. The Morgan fingerprint density at radius 1 is 0.929 bits per heavy atom. The molecule has 0 unspecified atom stereocenters. The summed E-state index contributed by atoms with van der Waals surface area (Å²) in [7, 11) is -3.83. The number of nitrogens with zero attached hydrogens (tertiary/aromatic N) is 1. The molecular weight excluding hydrogens is 374 g/mol. The second-order valence-electron chi connectivity index (χ2n) is 6.62. The Balaban J connectivity index is 1.89. The highest BCUT2D eigenvalue weighted by atomic mass is 32.2. The lowest BCUT2D eigenvalue weighted by Crippen LogP contribution is -2.17. The molecule has 1 amide bonds. The normalized spacial score (nSPS) is 11.1. The third-order valence-corrected chi connectivity index (χ3v) is 5.57.